The number of aryl methyl sites for hydroxylation is 1. The highest BCUT2D eigenvalue weighted by molar-refractivity contribution is 6.22. The van der Waals surface area contributed by atoms with Crippen LogP contribution in [-0.4, -0.2) is 24.9 Å². The van der Waals surface area contributed by atoms with Gasteiger partial charge in [-0.15, -0.1) is 6.58 Å². The normalized spacial score (nSPS) is 12.3. The van der Waals surface area contributed by atoms with Crippen LogP contribution in [0.3, 0.4) is 0 Å². The van der Waals surface area contributed by atoms with Crippen molar-refractivity contribution in [3.8, 4) is 5.75 Å². The van der Waals surface area contributed by atoms with Gasteiger partial charge < -0.3 is 9.47 Å². The third-order valence-corrected chi connectivity index (χ3v) is 4.56. The van der Waals surface area contributed by atoms with E-state index in [1.807, 2.05) is 24.3 Å². The topological polar surface area (TPSA) is 81.7 Å². The van der Waals surface area contributed by atoms with Crippen molar-refractivity contribution in [3.05, 3.63) is 76.9 Å². The van der Waals surface area contributed by atoms with Crippen LogP contribution in [0.1, 0.15) is 43.8 Å². The number of carbonyl (C=O) groups excluding carboxylic acids is 3. The summed E-state index contributed by atoms with van der Waals surface area (Å²) < 4.78 is 10.8. The predicted molar refractivity (Wildman–Crippen MR) is 103 cm³/mol. The largest absolute Gasteiger partial charge is 0.496 e. The summed E-state index contributed by atoms with van der Waals surface area (Å²) in [6, 6.07) is 10.6. The summed E-state index contributed by atoms with van der Waals surface area (Å²) in [5.74, 6) is -0.769. The van der Waals surface area contributed by atoms with E-state index < -0.39 is 17.8 Å². The summed E-state index contributed by atoms with van der Waals surface area (Å²) in [4.78, 5) is 36.0. The molecule has 0 spiro atoms. The number of fused-ring (bicyclic) bond motifs is 1. The fourth-order valence-corrected chi connectivity index (χ4v) is 3.13. The third-order valence-electron chi connectivity index (χ3n) is 4.56. The molecule has 2 aromatic rings. The second-order valence-corrected chi connectivity index (χ2v) is 6.43. The van der Waals surface area contributed by atoms with Crippen LogP contribution < -0.4 is 10.1 Å². The molecule has 2 aromatic carbocycles. The van der Waals surface area contributed by atoms with E-state index in [0.29, 0.717) is 11.3 Å². The van der Waals surface area contributed by atoms with Crippen molar-refractivity contribution in [2.75, 3.05) is 7.11 Å². The molecule has 0 saturated carbocycles. The highest BCUT2D eigenvalue weighted by Gasteiger charge is 2.29. The van der Waals surface area contributed by atoms with Crippen molar-refractivity contribution >= 4 is 17.8 Å². The Bertz CT molecular complexity index is 948. The predicted octanol–water partition coefficient (Wildman–Crippen LogP) is 2.98. The second-order valence-electron chi connectivity index (χ2n) is 6.43. The molecule has 0 atom stereocenters. The van der Waals surface area contributed by atoms with E-state index in [-0.39, 0.29) is 24.2 Å². The van der Waals surface area contributed by atoms with Crippen LogP contribution in [0.2, 0.25) is 0 Å². The van der Waals surface area contributed by atoms with E-state index in [9.17, 15) is 14.4 Å². The molecule has 6 nitrogen and oxygen atoms in total. The standard InChI is InChI=1S/C22H21NO5/c1-3-4-6-14-9-10-16(18(11-14)27-2)13-28-19(24)12-15-7-5-8-17-20(15)22(26)23-21(17)25/h3,5,7-11H,1,4,6,12-13H2,2H3,(H,23,25,26). The van der Waals surface area contributed by atoms with Gasteiger partial charge in [0, 0.05) is 5.56 Å². The fourth-order valence-electron chi connectivity index (χ4n) is 3.13. The monoisotopic (exact) mass is 379 g/mol. The number of benzene rings is 2. The van der Waals surface area contributed by atoms with E-state index in [0.717, 1.165) is 24.0 Å². The molecular formula is C22H21NO5. The lowest BCUT2D eigenvalue weighted by Gasteiger charge is -2.12. The molecule has 144 valence electrons. The first-order valence-corrected chi connectivity index (χ1v) is 8.93. The van der Waals surface area contributed by atoms with Gasteiger partial charge >= 0.3 is 5.97 Å². The molecule has 0 aliphatic carbocycles. The summed E-state index contributed by atoms with van der Waals surface area (Å²) in [6.07, 6.45) is 3.49. The zero-order chi connectivity index (χ0) is 20.1. The molecule has 0 aromatic heterocycles. The number of carbonyl (C=O) groups is 3. The summed E-state index contributed by atoms with van der Waals surface area (Å²) in [5.41, 5.74) is 2.87. The minimum atomic E-state index is -0.488. The molecule has 6 heteroatoms. The summed E-state index contributed by atoms with van der Waals surface area (Å²) in [5, 5.41) is 2.24. The number of imide groups is 1. The lowest BCUT2D eigenvalue weighted by atomic mass is 10.0. The number of hydrogen-bond donors (Lipinski definition) is 1. The number of esters is 1. The first kappa shape index (κ1) is 19.4. The van der Waals surface area contributed by atoms with Crippen LogP contribution in [0.15, 0.2) is 49.1 Å². The van der Waals surface area contributed by atoms with Crippen molar-refractivity contribution in [2.45, 2.75) is 25.9 Å². The van der Waals surface area contributed by atoms with Crippen LogP contribution in [0.4, 0.5) is 0 Å². The average Bonchev–Trinajstić information content (AvgIpc) is 2.99. The van der Waals surface area contributed by atoms with Gasteiger partial charge in [0.25, 0.3) is 11.8 Å². The van der Waals surface area contributed by atoms with Gasteiger partial charge in [-0.25, -0.2) is 0 Å². The quantitative estimate of drug-likeness (QED) is 0.433. The first-order chi connectivity index (χ1) is 13.5. The minimum Gasteiger partial charge on any atom is -0.496 e. The van der Waals surface area contributed by atoms with Crippen molar-refractivity contribution in [2.24, 2.45) is 0 Å². The van der Waals surface area contributed by atoms with Crippen molar-refractivity contribution in [1.29, 1.82) is 0 Å². The van der Waals surface area contributed by atoms with Gasteiger partial charge in [0.1, 0.15) is 12.4 Å². The summed E-state index contributed by atoms with van der Waals surface area (Å²) in [6.45, 7) is 3.78. The van der Waals surface area contributed by atoms with Crippen molar-refractivity contribution < 1.29 is 23.9 Å². The molecule has 2 amide bonds. The molecule has 0 fully saturated rings. The average molecular weight is 379 g/mol. The minimum absolute atomic E-state index is 0.0594. The Morgan fingerprint density at radius 1 is 1.14 bits per heavy atom. The molecule has 1 aliphatic heterocycles. The Morgan fingerprint density at radius 2 is 1.96 bits per heavy atom. The van der Waals surface area contributed by atoms with Crippen LogP contribution in [0.5, 0.6) is 5.75 Å². The van der Waals surface area contributed by atoms with Crippen molar-refractivity contribution in [1.82, 2.24) is 5.32 Å². The number of hydrogen-bond acceptors (Lipinski definition) is 5. The van der Waals surface area contributed by atoms with Gasteiger partial charge in [-0.05, 0) is 36.1 Å². The van der Waals surface area contributed by atoms with E-state index in [4.69, 9.17) is 9.47 Å². The smallest absolute Gasteiger partial charge is 0.310 e. The van der Waals surface area contributed by atoms with E-state index >= 15 is 0 Å². The van der Waals surface area contributed by atoms with Gasteiger partial charge in [0.05, 0.1) is 24.7 Å². The SMILES string of the molecule is C=CCCc1ccc(COC(=O)Cc2cccc3c2C(=O)NC3=O)c(OC)c1. The van der Waals surface area contributed by atoms with E-state index in [2.05, 4.69) is 11.9 Å². The second kappa shape index (κ2) is 8.52. The first-order valence-electron chi connectivity index (χ1n) is 8.93. The Kier molecular flexibility index (Phi) is 5.89. The zero-order valence-electron chi connectivity index (χ0n) is 15.6. The molecular weight excluding hydrogens is 358 g/mol. The Hall–Kier alpha value is -3.41. The van der Waals surface area contributed by atoms with Gasteiger partial charge in [-0.3, -0.25) is 19.7 Å². The maximum Gasteiger partial charge on any atom is 0.310 e. The Balaban J connectivity index is 1.66. The van der Waals surface area contributed by atoms with E-state index in [1.165, 1.54) is 0 Å². The summed E-state index contributed by atoms with van der Waals surface area (Å²) in [7, 11) is 1.57. The number of amides is 2. The van der Waals surface area contributed by atoms with Crippen LogP contribution in [0.25, 0.3) is 0 Å². The summed E-state index contributed by atoms with van der Waals surface area (Å²) >= 11 is 0. The third kappa shape index (κ3) is 4.11. The number of ether oxygens (including phenoxy) is 2. The number of methoxy groups -OCH3 is 1. The molecule has 0 radical (unpaired) electrons. The van der Waals surface area contributed by atoms with Crippen LogP contribution in [-0.2, 0) is 29.0 Å². The molecule has 1 N–H and O–H groups in total. The lowest BCUT2D eigenvalue weighted by molar-refractivity contribution is -0.144. The van der Waals surface area contributed by atoms with Crippen LogP contribution in [0, 0.1) is 0 Å². The van der Waals surface area contributed by atoms with Gasteiger partial charge in [-0.2, -0.15) is 0 Å². The van der Waals surface area contributed by atoms with E-state index in [1.54, 1.807) is 25.3 Å². The molecule has 28 heavy (non-hydrogen) atoms. The highest BCUT2D eigenvalue weighted by atomic mass is 16.5. The Labute approximate surface area is 163 Å². The van der Waals surface area contributed by atoms with Gasteiger partial charge in [-0.1, -0.05) is 30.3 Å². The number of allylic oxidation sites excluding steroid dienone is 1. The Morgan fingerprint density at radius 3 is 2.71 bits per heavy atom. The molecule has 1 aliphatic rings. The van der Waals surface area contributed by atoms with Gasteiger partial charge in [0.2, 0.25) is 0 Å². The molecule has 0 unspecified atom stereocenters. The lowest BCUT2D eigenvalue weighted by Crippen LogP contribution is -2.20. The number of rotatable bonds is 8. The fraction of sp³-hybridized carbons (Fsp3) is 0.227. The number of nitrogens with one attached hydrogen (secondary N) is 1. The zero-order valence-corrected chi connectivity index (χ0v) is 15.6. The molecule has 0 bridgehead atoms. The highest BCUT2D eigenvalue weighted by Crippen LogP contribution is 2.23. The molecule has 0 saturated heterocycles. The maximum absolute atomic E-state index is 12.3. The van der Waals surface area contributed by atoms with Crippen molar-refractivity contribution in [3.63, 3.8) is 0 Å². The van der Waals surface area contributed by atoms with Crippen LogP contribution >= 0.6 is 0 Å². The molecule has 1 heterocycles. The van der Waals surface area contributed by atoms with Gasteiger partial charge in [0.15, 0.2) is 0 Å². The molecule has 3 rings (SSSR count). The maximum atomic E-state index is 12.3.